The molecule has 156 valence electrons. The molecule has 0 spiro atoms. The Morgan fingerprint density at radius 1 is 0.871 bits per heavy atom. The van der Waals surface area contributed by atoms with Crippen LogP contribution in [0.5, 0.6) is 11.5 Å². The van der Waals surface area contributed by atoms with E-state index in [1.54, 1.807) is 11.6 Å². The number of rotatable bonds is 9. The van der Waals surface area contributed by atoms with Gasteiger partial charge in [0.15, 0.2) is 0 Å². The number of thiazole rings is 1. The van der Waals surface area contributed by atoms with Crippen molar-refractivity contribution in [1.82, 2.24) is 4.98 Å². The lowest BCUT2D eigenvalue weighted by Gasteiger charge is -2.11. The summed E-state index contributed by atoms with van der Waals surface area (Å²) < 4.78 is 12.0. The molecule has 1 heterocycles. The van der Waals surface area contributed by atoms with Crippen LogP contribution in [-0.2, 0) is 13.2 Å². The van der Waals surface area contributed by atoms with E-state index in [-0.39, 0.29) is 0 Å². The van der Waals surface area contributed by atoms with Crippen LogP contribution >= 0.6 is 11.3 Å². The van der Waals surface area contributed by atoms with Crippen LogP contribution in [0.15, 0.2) is 89.3 Å². The molecule has 4 aromatic rings. The predicted molar refractivity (Wildman–Crippen MR) is 126 cm³/mol. The zero-order valence-corrected chi connectivity index (χ0v) is 17.6. The summed E-state index contributed by atoms with van der Waals surface area (Å²) in [5.41, 5.74) is 11.5. The molecule has 3 aromatic carbocycles. The summed E-state index contributed by atoms with van der Waals surface area (Å²) >= 11 is 1.39. The first kappa shape index (κ1) is 20.4. The summed E-state index contributed by atoms with van der Waals surface area (Å²) in [5.74, 6) is 1.87. The number of hydrogen-bond acceptors (Lipinski definition) is 7. The van der Waals surface area contributed by atoms with Crippen molar-refractivity contribution >= 4 is 28.5 Å². The number of anilines is 2. The van der Waals surface area contributed by atoms with Crippen LogP contribution in [-0.4, -0.2) is 11.2 Å². The van der Waals surface area contributed by atoms with E-state index in [2.05, 4.69) is 15.5 Å². The monoisotopic (exact) mass is 430 g/mol. The van der Waals surface area contributed by atoms with Crippen LogP contribution in [0, 0.1) is 0 Å². The maximum Gasteiger partial charge on any atom is 0.205 e. The Labute approximate surface area is 185 Å². The number of aromatic nitrogens is 1. The van der Waals surface area contributed by atoms with E-state index >= 15 is 0 Å². The normalized spacial score (nSPS) is 10.8. The molecule has 7 heteroatoms. The summed E-state index contributed by atoms with van der Waals surface area (Å²) in [6.07, 6.45) is 1.70. The van der Waals surface area contributed by atoms with Crippen LogP contribution in [0.2, 0.25) is 0 Å². The van der Waals surface area contributed by atoms with Gasteiger partial charge >= 0.3 is 0 Å². The maximum absolute atomic E-state index is 6.00. The Balaban J connectivity index is 1.48. The minimum Gasteiger partial charge on any atom is -0.489 e. The number of nitrogen functional groups attached to an aromatic ring is 1. The lowest BCUT2D eigenvalue weighted by molar-refractivity contribution is 0.290. The third-order valence-electron chi connectivity index (χ3n) is 4.29. The molecule has 0 amide bonds. The molecule has 0 aliphatic heterocycles. The average molecular weight is 431 g/mol. The molecule has 0 aliphatic rings. The van der Waals surface area contributed by atoms with Crippen LogP contribution in [0.4, 0.5) is 10.9 Å². The molecule has 0 saturated heterocycles. The molecule has 0 aliphatic carbocycles. The third kappa shape index (κ3) is 6.32. The van der Waals surface area contributed by atoms with Crippen LogP contribution < -0.4 is 20.6 Å². The van der Waals surface area contributed by atoms with E-state index in [9.17, 15) is 0 Å². The molecular formula is C24H22N4O2S. The van der Waals surface area contributed by atoms with Gasteiger partial charge in [0.1, 0.15) is 30.5 Å². The number of nitrogens with one attached hydrogen (secondary N) is 1. The van der Waals surface area contributed by atoms with Crippen molar-refractivity contribution in [2.75, 3.05) is 11.2 Å². The second-order valence-electron chi connectivity index (χ2n) is 6.73. The predicted octanol–water partition coefficient (Wildman–Crippen LogP) is 5.33. The van der Waals surface area contributed by atoms with E-state index < -0.39 is 0 Å². The van der Waals surface area contributed by atoms with Gasteiger partial charge in [-0.25, -0.2) is 4.98 Å². The Hall–Kier alpha value is -3.84. The summed E-state index contributed by atoms with van der Waals surface area (Å²) in [6, 6.07) is 25.8. The standard InChI is InChI=1S/C24H22N4O2S/c25-23-17-31-24(27-23)28-26-14-20-11-21(29-15-18-7-3-1-4-8-18)13-22(12-20)30-16-19-9-5-2-6-10-19/h1-14,17H,15-16,25H2,(H,27,28). The number of hydrazone groups is 1. The number of nitrogens with two attached hydrogens (primary N) is 1. The second-order valence-corrected chi connectivity index (χ2v) is 7.59. The fourth-order valence-electron chi connectivity index (χ4n) is 2.82. The zero-order chi connectivity index (χ0) is 21.3. The van der Waals surface area contributed by atoms with Gasteiger partial charge in [-0.3, -0.25) is 5.43 Å². The van der Waals surface area contributed by atoms with Gasteiger partial charge in [0, 0.05) is 17.0 Å². The Kier molecular flexibility index (Phi) is 6.77. The first-order chi connectivity index (χ1) is 15.2. The fraction of sp³-hybridized carbons (Fsp3) is 0.0833. The van der Waals surface area contributed by atoms with Gasteiger partial charge in [0.25, 0.3) is 0 Å². The van der Waals surface area contributed by atoms with Crippen LogP contribution in [0.1, 0.15) is 16.7 Å². The Morgan fingerprint density at radius 2 is 1.45 bits per heavy atom. The minimum atomic E-state index is 0.468. The lowest BCUT2D eigenvalue weighted by atomic mass is 10.2. The van der Waals surface area contributed by atoms with Gasteiger partial charge < -0.3 is 15.2 Å². The van der Waals surface area contributed by atoms with Gasteiger partial charge in [-0.05, 0) is 23.3 Å². The summed E-state index contributed by atoms with van der Waals surface area (Å²) in [7, 11) is 0. The molecule has 0 saturated carbocycles. The Bertz CT molecular complexity index is 1070. The molecule has 0 unspecified atom stereocenters. The largest absolute Gasteiger partial charge is 0.489 e. The maximum atomic E-state index is 6.00. The second kappa shape index (κ2) is 10.3. The molecular weight excluding hydrogens is 408 g/mol. The van der Waals surface area contributed by atoms with Crippen LogP contribution in [0.3, 0.4) is 0 Å². The number of hydrogen-bond donors (Lipinski definition) is 2. The zero-order valence-electron chi connectivity index (χ0n) is 16.8. The van der Waals surface area contributed by atoms with Crippen molar-refractivity contribution < 1.29 is 9.47 Å². The van der Waals surface area contributed by atoms with E-state index in [1.165, 1.54) is 11.3 Å². The minimum absolute atomic E-state index is 0.468. The highest BCUT2D eigenvalue weighted by Crippen LogP contribution is 2.24. The molecule has 3 N–H and O–H groups in total. The highest BCUT2D eigenvalue weighted by molar-refractivity contribution is 7.14. The Morgan fingerprint density at radius 3 is 1.97 bits per heavy atom. The van der Waals surface area contributed by atoms with E-state index in [1.807, 2.05) is 78.9 Å². The van der Waals surface area contributed by atoms with Crippen molar-refractivity contribution in [2.24, 2.45) is 5.10 Å². The molecule has 0 radical (unpaired) electrons. The number of benzene rings is 3. The van der Waals surface area contributed by atoms with Gasteiger partial charge in [-0.2, -0.15) is 5.10 Å². The molecule has 0 bridgehead atoms. The van der Waals surface area contributed by atoms with E-state index in [4.69, 9.17) is 15.2 Å². The first-order valence-electron chi connectivity index (χ1n) is 9.73. The molecule has 31 heavy (non-hydrogen) atoms. The number of ether oxygens (including phenoxy) is 2. The van der Waals surface area contributed by atoms with Crippen molar-refractivity contribution in [1.29, 1.82) is 0 Å². The van der Waals surface area contributed by atoms with Crippen molar-refractivity contribution in [3.05, 3.63) is 101 Å². The van der Waals surface area contributed by atoms with Gasteiger partial charge in [0.2, 0.25) is 5.13 Å². The topological polar surface area (TPSA) is 81.8 Å². The van der Waals surface area contributed by atoms with Crippen LogP contribution in [0.25, 0.3) is 0 Å². The van der Waals surface area contributed by atoms with Gasteiger partial charge in [0.05, 0.1) is 6.21 Å². The average Bonchev–Trinajstić information content (AvgIpc) is 3.22. The molecule has 0 fully saturated rings. The van der Waals surface area contributed by atoms with Crippen molar-refractivity contribution in [2.45, 2.75) is 13.2 Å². The molecule has 1 aromatic heterocycles. The summed E-state index contributed by atoms with van der Waals surface area (Å²) in [4.78, 5) is 4.13. The smallest absolute Gasteiger partial charge is 0.205 e. The summed E-state index contributed by atoms with van der Waals surface area (Å²) in [5, 5.41) is 6.64. The SMILES string of the molecule is Nc1csc(NN=Cc2cc(OCc3ccccc3)cc(OCc3ccccc3)c2)n1. The van der Waals surface area contributed by atoms with Crippen molar-refractivity contribution in [3.63, 3.8) is 0 Å². The lowest BCUT2D eigenvalue weighted by Crippen LogP contribution is -1.99. The van der Waals surface area contributed by atoms with E-state index in [0.717, 1.165) is 16.7 Å². The quantitative estimate of drug-likeness (QED) is 0.277. The third-order valence-corrected chi connectivity index (χ3v) is 5.06. The highest BCUT2D eigenvalue weighted by Gasteiger charge is 2.05. The highest BCUT2D eigenvalue weighted by atomic mass is 32.1. The van der Waals surface area contributed by atoms with E-state index in [0.29, 0.717) is 35.7 Å². The number of nitrogens with zero attached hydrogens (tertiary/aromatic N) is 2. The van der Waals surface area contributed by atoms with Gasteiger partial charge in [-0.1, -0.05) is 60.7 Å². The van der Waals surface area contributed by atoms with Crippen molar-refractivity contribution in [3.8, 4) is 11.5 Å². The summed E-state index contributed by atoms with van der Waals surface area (Å²) in [6.45, 7) is 0.937. The molecule has 4 rings (SSSR count). The molecule has 0 atom stereocenters. The fourth-order valence-corrected chi connectivity index (χ4v) is 3.36. The molecule has 6 nitrogen and oxygen atoms in total. The first-order valence-corrected chi connectivity index (χ1v) is 10.6. The van der Waals surface area contributed by atoms with Gasteiger partial charge in [-0.15, -0.1) is 11.3 Å².